The lowest BCUT2D eigenvalue weighted by atomic mass is 10.2. The van der Waals surface area contributed by atoms with Crippen molar-refractivity contribution in [2.75, 3.05) is 13.1 Å². The molecule has 0 N–H and O–H groups in total. The third-order valence-electron chi connectivity index (χ3n) is 3.70. The van der Waals surface area contributed by atoms with Gasteiger partial charge in [0.25, 0.3) is 0 Å². The molecule has 0 radical (unpaired) electrons. The Bertz CT molecular complexity index is 644. The normalized spacial score (nSPS) is 12.6. The first-order valence-corrected chi connectivity index (χ1v) is 7.80. The van der Waals surface area contributed by atoms with Gasteiger partial charge >= 0.3 is 0 Å². The van der Waals surface area contributed by atoms with E-state index in [1.54, 1.807) is 0 Å². The number of aryl methyl sites for hydroxylation is 1. The van der Waals surface area contributed by atoms with Crippen molar-refractivity contribution in [3.63, 3.8) is 0 Å². The van der Waals surface area contributed by atoms with E-state index >= 15 is 0 Å². The number of alkyl halides is 1. The minimum absolute atomic E-state index is 0.0958. The van der Waals surface area contributed by atoms with Crippen LogP contribution in [0, 0.1) is 6.92 Å². The molecule has 0 saturated carbocycles. The van der Waals surface area contributed by atoms with Crippen molar-refractivity contribution in [1.29, 1.82) is 0 Å². The molecule has 1 aromatic heterocycles. The van der Waals surface area contributed by atoms with Crippen molar-refractivity contribution in [3.05, 3.63) is 29.6 Å². The molecule has 0 bridgehead atoms. The van der Waals surface area contributed by atoms with E-state index < -0.39 is 0 Å². The molecule has 0 aliphatic rings. The van der Waals surface area contributed by atoms with E-state index in [1.807, 2.05) is 55.4 Å². The predicted octanol–water partition coefficient (Wildman–Crippen LogP) is 3.51. The van der Waals surface area contributed by atoms with Crippen LogP contribution in [0.4, 0.5) is 0 Å². The molecule has 1 unspecified atom stereocenters. The summed E-state index contributed by atoms with van der Waals surface area (Å²) in [6.45, 7) is 9.61. The number of carbonyl (C=O) groups excluding carboxylic acids is 1. The number of nitrogens with zero attached hydrogens (tertiary/aromatic N) is 3. The summed E-state index contributed by atoms with van der Waals surface area (Å²) in [6, 6.07) is 6.07. The Morgan fingerprint density at radius 3 is 2.62 bits per heavy atom. The zero-order valence-electron chi connectivity index (χ0n) is 13.1. The highest BCUT2D eigenvalue weighted by Crippen LogP contribution is 2.25. The lowest BCUT2D eigenvalue weighted by Crippen LogP contribution is -2.33. The Morgan fingerprint density at radius 2 is 2.05 bits per heavy atom. The Balaban J connectivity index is 2.46. The SMILES string of the molecule is CCN(CC)C(=O)Cn1c(C(C)Cl)nc2cc(C)ccc21. The maximum Gasteiger partial charge on any atom is 0.242 e. The fourth-order valence-corrected chi connectivity index (χ4v) is 2.71. The van der Waals surface area contributed by atoms with Gasteiger partial charge in [-0.2, -0.15) is 0 Å². The summed E-state index contributed by atoms with van der Waals surface area (Å²) in [6.07, 6.45) is 0. The Kier molecular flexibility index (Phi) is 4.88. The van der Waals surface area contributed by atoms with Gasteiger partial charge < -0.3 is 9.47 Å². The Hall–Kier alpha value is -1.55. The highest BCUT2D eigenvalue weighted by atomic mass is 35.5. The zero-order chi connectivity index (χ0) is 15.6. The standard InChI is InChI=1S/C16H22ClN3O/c1-5-19(6-2)15(21)10-20-14-8-7-11(3)9-13(14)18-16(20)12(4)17/h7-9,12H,5-6,10H2,1-4H3. The summed E-state index contributed by atoms with van der Waals surface area (Å²) in [5, 5.41) is -0.234. The summed E-state index contributed by atoms with van der Waals surface area (Å²) >= 11 is 6.24. The summed E-state index contributed by atoms with van der Waals surface area (Å²) in [4.78, 5) is 18.8. The molecule has 0 aliphatic carbocycles. The van der Waals surface area contributed by atoms with Gasteiger partial charge in [0.05, 0.1) is 16.4 Å². The fourth-order valence-electron chi connectivity index (χ4n) is 2.54. The van der Waals surface area contributed by atoms with Crippen molar-refractivity contribution >= 4 is 28.5 Å². The first-order chi connectivity index (χ1) is 9.97. The number of carbonyl (C=O) groups is 1. The molecule has 0 spiro atoms. The average Bonchev–Trinajstić information content (AvgIpc) is 2.78. The molecule has 21 heavy (non-hydrogen) atoms. The molecule has 1 aromatic carbocycles. The molecule has 1 atom stereocenters. The third kappa shape index (κ3) is 3.21. The number of hydrogen-bond donors (Lipinski definition) is 0. The number of fused-ring (bicyclic) bond motifs is 1. The molecule has 0 fully saturated rings. The maximum atomic E-state index is 12.4. The number of benzene rings is 1. The van der Waals surface area contributed by atoms with E-state index in [2.05, 4.69) is 4.98 Å². The second-order valence-electron chi connectivity index (χ2n) is 5.23. The minimum atomic E-state index is -0.234. The topological polar surface area (TPSA) is 38.1 Å². The number of hydrogen-bond acceptors (Lipinski definition) is 2. The summed E-state index contributed by atoms with van der Waals surface area (Å²) in [5.41, 5.74) is 3.00. The number of rotatable bonds is 5. The van der Waals surface area contributed by atoms with Crippen LogP contribution in [-0.2, 0) is 11.3 Å². The van der Waals surface area contributed by atoms with Crippen molar-refractivity contribution in [2.24, 2.45) is 0 Å². The van der Waals surface area contributed by atoms with Crippen LogP contribution < -0.4 is 0 Å². The third-order valence-corrected chi connectivity index (χ3v) is 3.89. The molecule has 2 aromatic rings. The summed E-state index contributed by atoms with van der Waals surface area (Å²) in [5.74, 6) is 0.844. The van der Waals surface area contributed by atoms with Gasteiger partial charge in [0.2, 0.25) is 5.91 Å². The maximum absolute atomic E-state index is 12.4. The van der Waals surface area contributed by atoms with Crippen LogP contribution >= 0.6 is 11.6 Å². The van der Waals surface area contributed by atoms with E-state index in [0.717, 1.165) is 22.4 Å². The van der Waals surface area contributed by atoms with Crippen LogP contribution in [0.15, 0.2) is 18.2 Å². The number of halogens is 1. The fraction of sp³-hybridized carbons (Fsp3) is 0.500. The van der Waals surface area contributed by atoms with E-state index in [-0.39, 0.29) is 17.8 Å². The smallest absolute Gasteiger partial charge is 0.242 e. The molecule has 2 rings (SSSR count). The highest BCUT2D eigenvalue weighted by Gasteiger charge is 2.19. The average molecular weight is 308 g/mol. The van der Waals surface area contributed by atoms with Gasteiger partial charge in [-0.15, -0.1) is 11.6 Å². The first kappa shape index (κ1) is 15.8. The lowest BCUT2D eigenvalue weighted by molar-refractivity contribution is -0.131. The molecule has 5 heteroatoms. The minimum Gasteiger partial charge on any atom is -0.342 e. The molecular weight excluding hydrogens is 286 g/mol. The van der Waals surface area contributed by atoms with E-state index in [9.17, 15) is 4.79 Å². The number of imidazole rings is 1. The summed E-state index contributed by atoms with van der Waals surface area (Å²) in [7, 11) is 0. The van der Waals surface area contributed by atoms with Crippen LogP contribution in [0.1, 0.15) is 37.5 Å². The first-order valence-electron chi connectivity index (χ1n) is 7.36. The van der Waals surface area contributed by atoms with Crippen LogP contribution in [0.3, 0.4) is 0 Å². The monoisotopic (exact) mass is 307 g/mol. The van der Waals surface area contributed by atoms with Crippen molar-refractivity contribution in [2.45, 2.75) is 39.6 Å². The van der Waals surface area contributed by atoms with Crippen LogP contribution in [0.2, 0.25) is 0 Å². The second kappa shape index (κ2) is 6.48. The quantitative estimate of drug-likeness (QED) is 0.793. The molecule has 114 valence electrons. The highest BCUT2D eigenvalue weighted by molar-refractivity contribution is 6.20. The largest absolute Gasteiger partial charge is 0.342 e. The van der Waals surface area contributed by atoms with Gasteiger partial charge in [-0.25, -0.2) is 4.98 Å². The van der Waals surface area contributed by atoms with Crippen LogP contribution in [0.25, 0.3) is 11.0 Å². The van der Waals surface area contributed by atoms with Crippen LogP contribution in [0.5, 0.6) is 0 Å². The van der Waals surface area contributed by atoms with Crippen molar-refractivity contribution < 1.29 is 4.79 Å². The van der Waals surface area contributed by atoms with Gasteiger partial charge in [-0.05, 0) is 45.4 Å². The number of aromatic nitrogens is 2. The second-order valence-corrected chi connectivity index (χ2v) is 5.89. The lowest BCUT2D eigenvalue weighted by Gasteiger charge is -2.20. The van der Waals surface area contributed by atoms with Crippen molar-refractivity contribution in [3.8, 4) is 0 Å². The van der Waals surface area contributed by atoms with Crippen LogP contribution in [-0.4, -0.2) is 33.4 Å². The molecule has 0 saturated heterocycles. The molecule has 1 heterocycles. The van der Waals surface area contributed by atoms with Gasteiger partial charge in [-0.1, -0.05) is 6.07 Å². The van der Waals surface area contributed by atoms with Gasteiger partial charge in [0, 0.05) is 13.1 Å². The van der Waals surface area contributed by atoms with Gasteiger partial charge in [0.1, 0.15) is 12.4 Å². The Morgan fingerprint density at radius 1 is 1.38 bits per heavy atom. The molecular formula is C16H22ClN3O. The molecule has 0 aliphatic heterocycles. The predicted molar refractivity (Wildman–Crippen MR) is 86.7 cm³/mol. The molecule has 1 amide bonds. The number of likely N-dealkylation sites (N-methyl/N-ethyl adjacent to an activating group) is 1. The van der Waals surface area contributed by atoms with E-state index in [1.165, 1.54) is 0 Å². The zero-order valence-corrected chi connectivity index (χ0v) is 13.8. The summed E-state index contributed by atoms with van der Waals surface area (Å²) < 4.78 is 1.94. The number of amides is 1. The van der Waals surface area contributed by atoms with Crippen molar-refractivity contribution in [1.82, 2.24) is 14.5 Å². The van der Waals surface area contributed by atoms with Gasteiger partial charge in [0.15, 0.2) is 0 Å². The Labute approximate surface area is 130 Å². The molecule has 4 nitrogen and oxygen atoms in total. The van der Waals surface area contributed by atoms with Gasteiger partial charge in [-0.3, -0.25) is 4.79 Å². The van der Waals surface area contributed by atoms with E-state index in [4.69, 9.17) is 11.6 Å². The van der Waals surface area contributed by atoms with E-state index in [0.29, 0.717) is 13.1 Å².